The first-order valence-electron chi connectivity index (χ1n) is 9.86. The minimum absolute atomic E-state index is 0.00422. The molecule has 6 nitrogen and oxygen atoms in total. The lowest BCUT2D eigenvalue weighted by Crippen LogP contribution is -2.35. The molecule has 8 heteroatoms. The zero-order valence-corrected chi connectivity index (χ0v) is 18.8. The summed E-state index contributed by atoms with van der Waals surface area (Å²) in [6, 6.07) is 10.0. The van der Waals surface area contributed by atoms with E-state index in [1.165, 1.54) is 6.07 Å². The lowest BCUT2D eigenvalue weighted by atomic mass is 10.1. The number of aryl methyl sites for hydroxylation is 1. The van der Waals surface area contributed by atoms with Crippen LogP contribution in [0.3, 0.4) is 0 Å². The number of hydrogen-bond acceptors (Lipinski definition) is 4. The molecular weight excluding hydrogens is 424 g/mol. The standard InChI is InChI=1S/C22H25ClN2O4S/c1-4-22(27)25-15(3)12-16-13-17(6-8-20(16)25)30(28,29)10-9-21(26)24-19-7-5-14(2)11-18(19)23/h5-8,11,13,15H,4,9-10,12H2,1-3H3,(H,24,26)/t15-/m0/s1. The Hall–Kier alpha value is -2.38. The van der Waals surface area contributed by atoms with Crippen molar-refractivity contribution in [1.29, 1.82) is 0 Å². The van der Waals surface area contributed by atoms with Gasteiger partial charge in [0, 0.05) is 24.6 Å². The third-order valence-corrected chi connectivity index (χ3v) is 7.22. The third kappa shape index (κ3) is 4.68. The van der Waals surface area contributed by atoms with Gasteiger partial charge in [0.25, 0.3) is 0 Å². The molecule has 30 heavy (non-hydrogen) atoms. The second-order valence-corrected chi connectivity index (χ2v) is 10.1. The van der Waals surface area contributed by atoms with Gasteiger partial charge in [-0.1, -0.05) is 24.6 Å². The van der Waals surface area contributed by atoms with Gasteiger partial charge in [0.05, 0.1) is 21.4 Å². The molecule has 3 rings (SSSR count). The molecule has 1 heterocycles. The summed E-state index contributed by atoms with van der Waals surface area (Å²) in [5.74, 6) is -0.712. The Morgan fingerprint density at radius 2 is 1.93 bits per heavy atom. The highest BCUT2D eigenvalue weighted by Crippen LogP contribution is 2.34. The van der Waals surface area contributed by atoms with E-state index in [2.05, 4.69) is 5.32 Å². The number of benzene rings is 2. The van der Waals surface area contributed by atoms with Crippen molar-refractivity contribution in [2.75, 3.05) is 16.0 Å². The average Bonchev–Trinajstić information content (AvgIpc) is 3.03. The topological polar surface area (TPSA) is 83.6 Å². The predicted octanol–water partition coefficient (Wildman–Crippen LogP) is 4.14. The molecule has 160 valence electrons. The Morgan fingerprint density at radius 3 is 2.60 bits per heavy atom. The van der Waals surface area contributed by atoms with Crippen LogP contribution >= 0.6 is 11.6 Å². The smallest absolute Gasteiger partial charge is 0.226 e. The number of carbonyl (C=O) groups is 2. The van der Waals surface area contributed by atoms with E-state index in [-0.39, 0.29) is 29.0 Å². The maximum absolute atomic E-state index is 12.8. The maximum atomic E-state index is 12.8. The monoisotopic (exact) mass is 448 g/mol. The Morgan fingerprint density at radius 1 is 1.20 bits per heavy atom. The van der Waals surface area contributed by atoms with E-state index < -0.39 is 15.7 Å². The molecule has 0 fully saturated rings. The van der Waals surface area contributed by atoms with Crippen molar-refractivity contribution in [3.63, 3.8) is 0 Å². The molecule has 0 spiro atoms. The highest BCUT2D eigenvalue weighted by molar-refractivity contribution is 7.91. The number of halogens is 1. The van der Waals surface area contributed by atoms with Crippen LogP contribution in [-0.4, -0.2) is 32.0 Å². The molecule has 2 amide bonds. The fraction of sp³-hybridized carbons (Fsp3) is 0.364. The first-order chi connectivity index (χ1) is 14.1. The van der Waals surface area contributed by atoms with Crippen LogP contribution in [0.15, 0.2) is 41.3 Å². The van der Waals surface area contributed by atoms with E-state index in [9.17, 15) is 18.0 Å². The van der Waals surface area contributed by atoms with E-state index in [1.807, 2.05) is 19.9 Å². The van der Waals surface area contributed by atoms with Gasteiger partial charge in [0.2, 0.25) is 11.8 Å². The van der Waals surface area contributed by atoms with E-state index in [0.717, 1.165) is 16.8 Å². The molecule has 0 aliphatic carbocycles. The number of sulfone groups is 1. The molecule has 0 bridgehead atoms. The van der Waals surface area contributed by atoms with Gasteiger partial charge in [-0.05, 0) is 61.7 Å². The number of hydrogen-bond donors (Lipinski definition) is 1. The van der Waals surface area contributed by atoms with Gasteiger partial charge in [-0.2, -0.15) is 0 Å². The van der Waals surface area contributed by atoms with Crippen molar-refractivity contribution < 1.29 is 18.0 Å². The zero-order chi connectivity index (χ0) is 22.1. The minimum Gasteiger partial charge on any atom is -0.325 e. The number of nitrogens with one attached hydrogen (secondary N) is 1. The lowest BCUT2D eigenvalue weighted by Gasteiger charge is -2.22. The molecule has 0 saturated heterocycles. The van der Waals surface area contributed by atoms with Gasteiger partial charge >= 0.3 is 0 Å². The summed E-state index contributed by atoms with van der Waals surface area (Å²) in [4.78, 5) is 26.3. The summed E-state index contributed by atoms with van der Waals surface area (Å²) in [7, 11) is -3.64. The molecular formula is C22H25ClN2O4S. The van der Waals surface area contributed by atoms with Crippen molar-refractivity contribution in [2.24, 2.45) is 0 Å². The van der Waals surface area contributed by atoms with Crippen LogP contribution in [0, 0.1) is 6.92 Å². The van der Waals surface area contributed by atoms with Gasteiger partial charge in [0.15, 0.2) is 9.84 Å². The summed E-state index contributed by atoms with van der Waals surface area (Å²) in [6.07, 6.45) is 0.821. The molecule has 1 atom stereocenters. The van der Waals surface area contributed by atoms with Crippen molar-refractivity contribution >= 4 is 44.6 Å². The minimum atomic E-state index is -3.64. The summed E-state index contributed by atoms with van der Waals surface area (Å²) in [5.41, 5.74) is 3.02. The van der Waals surface area contributed by atoms with Gasteiger partial charge in [-0.25, -0.2) is 8.42 Å². The van der Waals surface area contributed by atoms with Crippen LogP contribution in [0.25, 0.3) is 0 Å². The van der Waals surface area contributed by atoms with E-state index in [0.29, 0.717) is 23.6 Å². The number of fused-ring (bicyclic) bond motifs is 1. The van der Waals surface area contributed by atoms with Crippen LogP contribution in [0.4, 0.5) is 11.4 Å². The Bertz CT molecular complexity index is 1100. The number of amides is 2. The largest absolute Gasteiger partial charge is 0.325 e. The van der Waals surface area contributed by atoms with Crippen LogP contribution in [-0.2, 0) is 25.8 Å². The normalized spacial score (nSPS) is 15.7. The summed E-state index contributed by atoms with van der Waals surface area (Å²) >= 11 is 6.11. The second kappa shape index (κ2) is 8.78. The molecule has 0 aromatic heterocycles. The molecule has 1 N–H and O–H groups in total. The van der Waals surface area contributed by atoms with Crippen LogP contribution < -0.4 is 10.2 Å². The SMILES string of the molecule is CCC(=O)N1c2ccc(S(=O)(=O)CCC(=O)Nc3ccc(C)cc3Cl)cc2C[C@@H]1C. The number of nitrogens with zero attached hydrogens (tertiary/aromatic N) is 1. The van der Waals surface area contributed by atoms with Crippen LogP contribution in [0.2, 0.25) is 5.02 Å². The first kappa shape index (κ1) is 22.3. The number of anilines is 2. The molecule has 0 unspecified atom stereocenters. The summed E-state index contributed by atoms with van der Waals surface area (Å²) in [5, 5.41) is 3.06. The van der Waals surface area contributed by atoms with Crippen molar-refractivity contribution in [2.45, 2.75) is 51.0 Å². The quantitative estimate of drug-likeness (QED) is 0.719. The van der Waals surface area contributed by atoms with Crippen LogP contribution in [0.1, 0.15) is 37.8 Å². The van der Waals surface area contributed by atoms with Crippen molar-refractivity contribution in [3.05, 3.63) is 52.5 Å². The van der Waals surface area contributed by atoms with Crippen LogP contribution in [0.5, 0.6) is 0 Å². The predicted molar refractivity (Wildman–Crippen MR) is 119 cm³/mol. The van der Waals surface area contributed by atoms with E-state index >= 15 is 0 Å². The van der Waals surface area contributed by atoms with Gasteiger partial charge < -0.3 is 10.2 Å². The highest BCUT2D eigenvalue weighted by atomic mass is 35.5. The number of carbonyl (C=O) groups excluding carboxylic acids is 2. The van der Waals surface area contributed by atoms with E-state index in [1.54, 1.807) is 36.1 Å². The van der Waals surface area contributed by atoms with Gasteiger partial charge in [0.1, 0.15) is 0 Å². The fourth-order valence-corrected chi connectivity index (χ4v) is 5.20. The second-order valence-electron chi connectivity index (χ2n) is 7.56. The molecule has 2 aromatic rings. The zero-order valence-electron chi connectivity index (χ0n) is 17.2. The summed E-state index contributed by atoms with van der Waals surface area (Å²) < 4.78 is 25.5. The van der Waals surface area contributed by atoms with Crippen molar-refractivity contribution in [1.82, 2.24) is 0 Å². The van der Waals surface area contributed by atoms with Gasteiger partial charge in [-0.15, -0.1) is 0 Å². The molecule has 1 aliphatic heterocycles. The fourth-order valence-electron chi connectivity index (χ4n) is 3.63. The van der Waals surface area contributed by atoms with E-state index in [4.69, 9.17) is 11.6 Å². The highest BCUT2D eigenvalue weighted by Gasteiger charge is 2.31. The summed E-state index contributed by atoms with van der Waals surface area (Å²) in [6.45, 7) is 5.64. The Kier molecular flexibility index (Phi) is 6.53. The van der Waals surface area contributed by atoms with Gasteiger partial charge in [-0.3, -0.25) is 9.59 Å². The molecule has 1 aliphatic rings. The lowest BCUT2D eigenvalue weighted by molar-refractivity contribution is -0.118. The molecule has 2 aromatic carbocycles. The molecule has 0 saturated carbocycles. The Labute approximate surface area is 182 Å². The third-order valence-electron chi connectivity index (χ3n) is 5.19. The average molecular weight is 449 g/mol. The first-order valence-corrected chi connectivity index (χ1v) is 11.9. The maximum Gasteiger partial charge on any atom is 0.226 e. The number of rotatable bonds is 6. The Balaban J connectivity index is 1.70. The van der Waals surface area contributed by atoms with Crippen molar-refractivity contribution in [3.8, 4) is 0 Å². The molecule has 0 radical (unpaired) electrons.